The van der Waals surface area contributed by atoms with Gasteiger partial charge in [0.05, 0.1) is 12.8 Å². The summed E-state index contributed by atoms with van der Waals surface area (Å²) in [7, 11) is 0. The van der Waals surface area contributed by atoms with Crippen LogP contribution in [-0.4, -0.2) is 61.0 Å². The lowest BCUT2D eigenvalue weighted by Gasteiger charge is -2.22. The fourth-order valence-corrected chi connectivity index (χ4v) is 6.14. The molecule has 0 spiro atoms. The molecule has 0 saturated carbocycles. The number of carbonyl (C=O) groups is 2. The molecule has 0 aliphatic carbocycles. The highest BCUT2D eigenvalue weighted by Crippen LogP contribution is 2.28. The summed E-state index contributed by atoms with van der Waals surface area (Å²) >= 11 is 0. The lowest BCUT2D eigenvalue weighted by atomic mass is 9.96. The average Bonchev–Trinajstić information content (AvgIpc) is 3.11. The van der Waals surface area contributed by atoms with Crippen LogP contribution in [0.1, 0.15) is 142 Å². The van der Waals surface area contributed by atoms with E-state index < -0.39 is 0 Å². The maximum atomic E-state index is 12.9. The normalized spacial score (nSPS) is 11.4. The van der Waals surface area contributed by atoms with Gasteiger partial charge in [0.25, 0.3) is 0 Å². The second kappa shape index (κ2) is 27.2. The minimum Gasteiger partial charge on any atom is -0.461 e. The van der Waals surface area contributed by atoms with Crippen LogP contribution in [0.15, 0.2) is 48.5 Å². The molecule has 270 valence electrons. The number of hydrogen-bond donors (Lipinski definition) is 0. The van der Waals surface area contributed by atoms with Crippen molar-refractivity contribution in [1.29, 1.82) is 0 Å². The van der Waals surface area contributed by atoms with Crippen LogP contribution in [0.2, 0.25) is 0 Å². The van der Waals surface area contributed by atoms with Gasteiger partial charge in [-0.25, -0.2) is 0 Å². The first-order chi connectivity index (χ1) is 23.5. The van der Waals surface area contributed by atoms with Gasteiger partial charge in [0.1, 0.15) is 13.2 Å². The molecule has 0 bridgehead atoms. The number of esters is 2. The number of rotatable bonds is 29. The zero-order valence-electron chi connectivity index (χ0n) is 31.1. The number of unbranched alkanes of at least 4 members (excludes halogenated alkanes) is 10. The van der Waals surface area contributed by atoms with Gasteiger partial charge >= 0.3 is 11.9 Å². The summed E-state index contributed by atoms with van der Waals surface area (Å²) in [4.78, 5) is 30.6. The van der Waals surface area contributed by atoms with Crippen LogP contribution in [-0.2, 0) is 32.3 Å². The summed E-state index contributed by atoms with van der Waals surface area (Å²) in [6, 6.07) is 16.1. The van der Waals surface area contributed by atoms with Crippen molar-refractivity contribution < 1.29 is 19.1 Å². The van der Waals surface area contributed by atoms with Crippen molar-refractivity contribution in [3.8, 4) is 11.1 Å². The Labute approximate surface area is 294 Å². The molecule has 0 fully saturated rings. The summed E-state index contributed by atoms with van der Waals surface area (Å²) in [6.45, 7) is 15.1. The Morgan fingerprint density at radius 1 is 0.458 bits per heavy atom. The standard InChI is InChI=1S/C42H68N2O4/c1-5-9-13-21-31-43(29-19-11-7-3)33-27-41(45)47-35-37-23-15-17-25-39(37)40-26-18-16-24-38(40)36-48-42(46)28-34-44(30-20-12-8-4)32-22-14-10-6-2/h15-18,23-26H,5-14,19-22,27-36H2,1-4H3. The van der Waals surface area contributed by atoms with Crippen LogP contribution >= 0.6 is 0 Å². The lowest BCUT2D eigenvalue weighted by Crippen LogP contribution is -2.29. The van der Waals surface area contributed by atoms with E-state index in [4.69, 9.17) is 9.47 Å². The number of benzene rings is 2. The minimum absolute atomic E-state index is 0.157. The van der Waals surface area contributed by atoms with E-state index in [0.29, 0.717) is 12.8 Å². The Morgan fingerprint density at radius 3 is 1.17 bits per heavy atom. The molecular formula is C42H68N2O4. The molecule has 0 amide bonds. The summed E-state index contributed by atoms with van der Waals surface area (Å²) in [5.74, 6) is -0.315. The van der Waals surface area contributed by atoms with Crippen molar-refractivity contribution in [1.82, 2.24) is 9.80 Å². The topological polar surface area (TPSA) is 59.1 Å². The second-order valence-corrected chi connectivity index (χ2v) is 13.4. The van der Waals surface area contributed by atoms with Crippen molar-refractivity contribution in [2.24, 2.45) is 0 Å². The molecular weight excluding hydrogens is 596 g/mol. The minimum atomic E-state index is -0.157. The van der Waals surface area contributed by atoms with Gasteiger partial charge in [-0.05, 0) is 74.1 Å². The van der Waals surface area contributed by atoms with Crippen molar-refractivity contribution >= 4 is 11.9 Å². The van der Waals surface area contributed by atoms with E-state index in [1.54, 1.807) is 0 Å². The van der Waals surface area contributed by atoms with Gasteiger partial charge in [-0.15, -0.1) is 0 Å². The van der Waals surface area contributed by atoms with Crippen molar-refractivity contribution in [2.75, 3.05) is 39.3 Å². The molecule has 0 aliphatic rings. The van der Waals surface area contributed by atoms with Gasteiger partial charge in [-0.1, -0.05) is 140 Å². The van der Waals surface area contributed by atoms with Crippen LogP contribution in [0, 0.1) is 0 Å². The molecule has 2 rings (SSSR count). The molecule has 6 heteroatoms. The Bertz CT molecular complexity index is 1030. The molecule has 0 aromatic heterocycles. The van der Waals surface area contributed by atoms with Crippen LogP contribution in [0.4, 0.5) is 0 Å². The van der Waals surface area contributed by atoms with E-state index in [-0.39, 0.29) is 25.2 Å². The van der Waals surface area contributed by atoms with Crippen LogP contribution in [0.5, 0.6) is 0 Å². The van der Waals surface area contributed by atoms with E-state index in [1.165, 1.54) is 89.9 Å². The first-order valence-corrected chi connectivity index (χ1v) is 19.4. The molecule has 0 unspecified atom stereocenters. The highest BCUT2D eigenvalue weighted by molar-refractivity contribution is 5.73. The quantitative estimate of drug-likeness (QED) is 0.0637. The molecule has 0 atom stereocenters. The van der Waals surface area contributed by atoms with Gasteiger partial charge < -0.3 is 19.3 Å². The highest BCUT2D eigenvalue weighted by atomic mass is 16.5. The first-order valence-electron chi connectivity index (χ1n) is 19.4. The molecule has 0 saturated heterocycles. The maximum Gasteiger partial charge on any atom is 0.307 e. The van der Waals surface area contributed by atoms with Gasteiger partial charge in [0, 0.05) is 13.1 Å². The second-order valence-electron chi connectivity index (χ2n) is 13.4. The Balaban J connectivity index is 1.94. The zero-order valence-corrected chi connectivity index (χ0v) is 31.1. The molecule has 0 radical (unpaired) electrons. The van der Waals surface area contributed by atoms with Crippen molar-refractivity contribution in [3.63, 3.8) is 0 Å². The smallest absolute Gasteiger partial charge is 0.307 e. The average molecular weight is 665 g/mol. The summed E-state index contributed by atoms with van der Waals surface area (Å²) in [5, 5.41) is 0. The van der Waals surface area contributed by atoms with Gasteiger partial charge in [0.2, 0.25) is 0 Å². The van der Waals surface area contributed by atoms with Gasteiger partial charge in [0.15, 0.2) is 0 Å². The predicted molar refractivity (Wildman–Crippen MR) is 201 cm³/mol. The van der Waals surface area contributed by atoms with Crippen LogP contribution in [0.3, 0.4) is 0 Å². The summed E-state index contributed by atoms with van der Waals surface area (Å²) in [6.07, 6.45) is 17.9. The fourth-order valence-electron chi connectivity index (χ4n) is 6.14. The van der Waals surface area contributed by atoms with Crippen molar-refractivity contribution in [3.05, 3.63) is 59.7 Å². The molecule has 6 nitrogen and oxygen atoms in total. The number of carbonyl (C=O) groups excluding carboxylic acids is 2. The van der Waals surface area contributed by atoms with E-state index in [0.717, 1.165) is 61.5 Å². The Kier molecular flexibility index (Phi) is 23.5. The molecule has 48 heavy (non-hydrogen) atoms. The molecule has 0 aliphatic heterocycles. The Hall–Kier alpha value is -2.70. The van der Waals surface area contributed by atoms with Crippen LogP contribution in [0.25, 0.3) is 11.1 Å². The van der Waals surface area contributed by atoms with E-state index in [2.05, 4.69) is 49.6 Å². The van der Waals surface area contributed by atoms with E-state index in [9.17, 15) is 9.59 Å². The third-order valence-electron chi connectivity index (χ3n) is 9.18. The molecule has 0 heterocycles. The van der Waals surface area contributed by atoms with Gasteiger partial charge in [-0.2, -0.15) is 0 Å². The predicted octanol–water partition coefficient (Wildman–Crippen LogP) is 10.4. The number of hydrogen-bond acceptors (Lipinski definition) is 6. The number of nitrogens with zero attached hydrogens (tertiary/aromatic N) is 2. The molecule has 2 aromatic rings. The summed E-state index contributed by atoms with van der Waals surface area (Å²) in [5.41, 5.74) is 3.91. The highest BCUT2D eigenvalue weighted by Gasteiger charge is 2.15. The monoisotopic (exact) mass is 665 g/mol. The summed E-state index contributed by atoms with van der Waals surface area (Å²) < 4.78 is 11.6. The Morgan fingerprint density at radius 2 is 0.792 bits per heavy atom. The molecule has 2 aromatic carbocycles. The van der Waals surface area contributed by atoms with Gasteiger partial charge in [-0.3, -0.25) is 9.59 Å². The largest absolute Gasteiger partial charge is 0.461 e. The van der Waals surface area contributed by atoms with E-state index >= 15 is 0 Å². The first kappa shape index (κ1) is 41.5. The maximum absolute atomic E-state index is 12.9. The number of ether oxygens (including phenoxy) is 2. The van der Waals surface area contributed by atoms with E-state index in [1.807, 2.05) is 36.4 Å². The van der Waals surface area contributed by atoms with Crippen LogP contribution < -0.4 is 0 Å². The SMILES string of the molecule is CCCCCCN(CCCCC)CCC(=O)OCc1ccccc1-c1ccccc1COC(=O)CCN(CCCCC)CCCCCC. The zero-order chi connectivity index (χ0) is 34.7. The molecule has 0 N–H and O–H groups in total. The third-order valence-corrected chi connectivity index (χ3v) is 9.18. The fraction of sp³-hybridized carbons (Fsp3) is 0.667. The lowest BCUT2D eigenvalue weighted by molar-refractivity contribution is -0.146. The van der Waals surface area contributed by atoms with Crippen molar-refractivity contribution in [2.45, 2.75) is 144 Å². The third kappa shape index (κ3) is 18.2.